The Kier molecular flexibility index (Phi) is 8.04. The molecule has 1 N–H and O–H groups in total. The van der Waals surface area contributed by atoms with Gasteiger partial charge in [0.25, 0.3) is 0 Å². The van der Waals surface area contributed by atoms with E-state index in [0.717, 1.165) is 31.7 Å². The lowest BCUT2D eigenvalue weighted by Crippen LogP contribution is -2.38. The van der Waals surface area contributed by atoms with Gasteiger partial charge in [0.15, 0.2) is 0 Å². The number of halogens is 1. The summed E-state index contributed by atoms with van der Waals surface area (Å²) in [6, 6.07) is 8.61. The van der Waals surface area contributed by atoms with Crippen LogP contribution in [0.1, 0.15) is 45.6 Å². The SMILES string of the molecule is CN(C(=O)CCCOc1ccc(C(C)(C)C)cc1)C1CCNC1.Cl. The molecular formula is C19H31ClN2O2. The molecule has 0 spiro atoms. The summed E-state index contributed by atoms with van der Waals surface area (Å²) < 4.78 is 5.75. The Hall–Kier alpha value is -1.26. The van der Waals surface area contributed by atoms with Crippen LogP contribution in [0.3, 0.4) is 0 Å². The van der Waals surface area contributed by atoms with E-state index in [0.29, 0.717) is 19.1 Å². The van der Waals surface area contributed by atoms with Gasteiger partial charge in [-0.2, -0.15) is 0 Å². The molecule has 0 aromatic heterocycles. The van der Waals surface area contributed by atoms with Crippen LogP contribution in [0, 0.1) is 0 Å². The van der Waals surface area contributed by atoms with Gasteiger partial charge in [-0.05, 0) is 42.5 Å². The van der Waals surface area contributed by atoms with E-state index in [-0.39, 0.29) is 23.7 Å². The van der Waals surface area contributed by atoms with Gasteiger partial charge in [0.2, 0.25) is 5.91 Å². The van der Waals surface area contributed by atoms with Crippen molar-refractivity contribution < 1.29 is 9.53 Å². The van der Waals surface area contributed by atoms with Gasteiger partial charge in [-0.15, -0.1) is 12.4 Å². The first-order valence-corrected chi connectivity index (χ1v) is 8.57. The number of carbonyl (C=O) groups is 1. The van der Waals surface area contributed by atoms with Crippen molar-refractivity contribution in [3.8, 4) is 5.75 Å². The number of carbonyl (C=O) groups excluding carboxylic acids is 1. The first kappa shape index (κ1) is 20.8. The molecule has 0 aliphatic carbocycles. The van der Waals surface area contributed by atoms with E-state index < -0.39 is 0 Å². The summed E-state index contributed by atoms with van der Waals surface area (Å²) in [4.78, 5) is 14.0. The second-order valence-electron chi connectivity index (χ2n) is 7.38. The fourth-order valence-corrected chi connectivity index (χ4v) is 2.81. The highest BCUT2D eigenvalue weighted by atomic mass is 35.5. The van der Waals surface area contributed by atoms with Crippen LogP contribution in [0.5, 0.6) is 5.75 Å². The molecule has 0 saturated carbocycles. The largest absolute Gasteiger partial charge is 0.494 e. The van der Waals surface area contributed by atoms with Crippen LogP contribution in [0.15, 0.2) is 24.3 Å². The number of amides is 1. The molecule has 1 aromatic rings. The molecule has 1 aliphatic rings. The minimum absolute atomic E-state index is 0. The van der Waals surface area contributed by atoms with Crippen LogP contribution >= 0.6 is 12.4 Å². The third-order valence-corrected chi connectivity index (χ3v) is 4.50. The maximum Gasteiger partial charge on any atom is 0.222 e. The highest BCUT2D eigenvalue weighted by molar-refractivity contribution is 5.85. The van der Waals surface area contributed by atoms with E-state index in [1.807, 2.05) is 24.1 Å². The number of nitrogens with zero attached hydrogens (tertiary/aromatic N) is 1. The van der Waals surface area contributed by atoms with Gasteiger partial charge >= 0.3 is 0 Å². The Bertz CT molecular complexity index is 505. The van der Waals surface area contributed by atoms with Crippen LogP contribution in [-0.4, -0.2) is 43.6 Å². The van der Waals surface area contributed by atoms with Crippen molar-refractivity contribution in [1.29, 1.82) is 0 Å². The van der Waals surface area contributed by atoms with Crippen molar-refractivity contribution in [2.24, 2.45) is 0 Å². The van der Waals surface area contributed by atoms with E-state index in [1.165, 1.54) is 5.56 Å². The Morgan fingerprint density at radius 3 is 2.50 bits per heavy atom. The van der Waals surface area contributed by atoms with E-state index in [2.05, 4.69) is 38.2 Å². The van der Waals surface area contributed by atoms with Gasteiger partial charge in [0.1, 0.15) is 5.75 Å². The molecule has 1 heterocycles. The third kappa shape index (κ3) is 5.99. The maximum atomic E-state index is 12.1. The third-order valence-electron chi connectivity index (χ3n) is 4.50. The quantitative estimate of drug-likeness (QED) is 0.796. The summed E-state index contributed by atoms with van der Waals surface area (Å²) >= 11 is 0. The molecule has 1 amide bonds. The fourth-order valence-electron chi connectivity index (χ4n) is 2.81. The summed E-state index contributed by atoms with van der Waals surface area (Å²) in [5, 5.41) is 3.29. The van der Waals surface area contributed by atoms with E-state index in [9.17, 15) is 4.79 Å². The molecule has 136 valence electrons. The van der Waals surface area contributed by atoms with Crippen LogP contribution in [0.4, 0.5) is 0 Å². The number of ether oxygens (including phenoxy) is 1. The molecule has 1 unspecified atom stereocenters. The van der Waals surface area contributed by atoms with E-state index in [4.69, 9.17) is 4.74 Å². The van der Waals surface area contributed by atoms with Crippen molar-refractivity contribution in [3.63, 3.8) is 0 Å². The minimum atomic E-state index is 0. The predicted molar refractivity (Wildman–Crippen MR) is 101 cm³/mol. The molecule has 1 saturated heterocycles. The van der Waals surface area contributed by atoms with Crippen LogP contribution in [-0.2, 0) is 10.2 Å². The summed E-state index contributed by atoms with van der Waals surface area (Å²) in [7, 11) is 1.91. The summed E-state index contributed by atoms with van der Waals surface area (Å²) in [5.74, 6) is 1.09. The highest BCUT2D eigenvalue weighted by Gasteiger charge is 2.22. The Morgan fingerprint density at radius 2 is 1.96 bits per heavy atom. The Balaban J connectivity index is 0.00000288. The van der Waals surface area contributed by atoms with Gasteiger partial charge in [-0.25, -0.2) is 0 Å². The van der Waals surface area contributed by atoms with Gasteiger partial charge < -0.3 is 15.0 Å². The molecule has 5 heteroatoms. The number of benzene rings is 1. The van der Waals surface area contributed by atoms with Gasteiger partial charge in [-0.1, -0.05) is 32.9 Å². The second-order valence-corrected chi connectivity index (χ2v) is 7.38. The zero-order chi connectivity index (χ0) is 16.9. The fraction of sp³-hybridized carbons (Fsp3) is 0.632. The molecule has 1 aliphatic heterocycles. The summed E-state index contributed by atoms with van der Waals surface area (Å²) in [6.45, 7) is 9.10. The van der Waals surface area contributed by atoms with Crippen molar-refractivity contribution >= 4 is 18.3 Å². The molecule has 4 nitrogen and oxygen atoms in total. The lowest BCUT2D eigenvalue weighted by molar-refractivity contribution is -0.131. The zero-order valence-corrected chi connectivity index (χ0v) is 16.1. The molecule has 24 heavy (non-hydrogen) atoms. The lowest BCUT2D eigenvalue weighted by atomic mass is 9.87. The molecule has 1 atom stereocenters. The van der Waals surface area contributed by atoms with Crippen molar-refractivity contribution in [3.05, 3.63) is 29.8 Å². The van der Waals surface area contributed by atoms with Crippen LogP contribution in [0.25, 0.3) is 0 Å². The van der Waals surface area contributed by atoms with Crippen molar-refractivity contribution in [2.45, 2.75) is 51.5 Å². The number of hydrogen-bond donors (Lipinski definition) is 1. The standard InChI is InChI=1S/C19H30N2O2.ClH/c1-19(2,3)15-7-9-17(10-8-15)23-13-5-6-18(22)21(4)16-11-12-20-14-16;/h7-10,16,20H,5-6,11-14H2,1-4H3;1H. The van der Waals surface area contributed by atoms with E-state index in [1.54, 1.807) is 0 Å². The lowest BCUT2D eigenvalue weighted by Gasteiger charge is -2.23. The Labute approximate surface area is 152 Å². The second kappa shape index (κ2) is 9.28. The van der Waals surface area contributed by atoms with E-state index >= 15 is 0 Å². The van der Waals surface area contributed by atoms with Crippen molar-refractivity contribution in [1.82, 2.24) is 10.2 Å². The number of nitrogens with one attached hydrogen (secondary N) is 1. The Morgan fingerprint density at radius 1 is 1.29 bits per heavy atom. The van der Waals surface area contributed by atoms with Gasteiger partial charge in [0.05, 0.1) is 6.61 Å². The predicted octanol–water partition coefficient (Wildman–Crippen LogP) is 3.39. The van der Waals surface area contributed by atoms with Crippen LogP contribution < -0.4 is 10.1 Å². The van der Waals surface area contributed by atoms with Gasteiger partial charge in [-0.3, -0.25) is 4.79 Å². The summed E-state index contributed by atoms with van der Waals surface area (Å²) in [5.41, 5.74) is 1.46. The maximum absolute atomic E-state index is 12.1. The molecule has 0 bridgehead atoms. The number of likely N-dealkylation sites (N-methyl/N-ethyl adjacent to an activating group) is 1. The number of rotatable bonds is 6. The van der Waals surface area contributed by atoms with Crippen molar-refractivity contribution in [2.75, 3.05) is 26.7 Å². The smallest absolute Gasteiger partial charge is 0.222 e. The minimum Gasteiger partial charge on any atom is -0.494 e. The monoisotopic (exact) mass is 354 g/mol. The molecule has 1 aromatic carbocycles. The van der Waals surface area contributed by atoms with Gasteiger partial charge in [0, 0.05) is 26.1 Å². The molecular weight excluding hydrogens is 324 g/mol. The number of hydrogen-bond acceptors (Lipinski definition) is 3. The average Bonchev–Trinajstić information content (AvgIpc) is 3.04. The first-order valence-electron chi connectivity index (χ1n) is 8.57. The first-order chi connectivity index (χ1) is 10.9. The molecule has 2 rings (SSSR count). The zero-order valence-electron chi connectivity index (χ0n) is 15.3. The topological polar surface area (TPSA) is 41.6 Å². The molecule has 0 radical (unpaired) electrons. The molecule has 1 fully saturated rings. The van der Waals surface area contributed by atoms with Crippen LogP contribution in [0.2, 0.25) is 0 Å². The summed E-state index contributed by atoms with van der Waals surface area (Å²) in [6.07, 6.45) is 2.36. The highest BCUT2D eigenvalue weighted by Crippen LogP contribution is 2.24. The average molecular weight is 355 g/mol. The normalized spacial score (nSPS) is 17.2.